The molecule has 2 aliphatic rings. The second-order valence-corrected chi connectivity index (χ2v) is 8.65. The number of carbonyl (C=O) groups excluding carboxylic acids is 4. The number of carbonyl (C=O) groups is 4. The summed E-state index contributed by atoms with van der Waals surface area (Å²) in [5.74, 6) is -1.45. The van der Waals surface area contributed by atoms with E-state index >= 15 is 0 Å². The Kier molecular flexibility index (Phi) is 10.5. The van der Waals surface area contributed by atoms with Gasteiger partial charge in [-0.05, 0) is 25.5 Å². The van der Waals surface area contributed by atoms with E-state index in [0.717, 1.165) is 4.90 Å². The fourth-order valence-electron chi connectivity index (χ4n) is 3.62. The molecule has 4 amide bonds. The van der Waals surface area contributed by atoms with Crippen molar-refractivity contribution in [2.75, 3.05) is 58.6 Å². The monoisotopic (exact) mass is 494 g/mol. The summed E-state index contributed by atoms with van der Waals surface area (Å²) >= 11 is 1.41. The van der Waals surface area contributed by atoms with Gasteiger partial charge in [-0.3, -0.25) is 29.4 Å². The Morgan fingerprint density at radius 1 is 0.912 bits per heavy atom. The van der Waals surface area contributed by atoms with Crippen molar-refractivity contribution in [1.29, 1.82) is 0 Å². The lowest BCUT2D eigenvalue weighted by Gasteiger charge is -2.27. The molecule has 2 aliphatic heterocycles. The lowest BCUT2D eigenvalue weighted by atomic mass is 10.0. The van der Waals surface area contributed by atoms with Gasteiger partial charge in [0.15, 0.2) is 0 Å². The zero-order valence-corrected chi connectivity index (χ0v) is 20.0. The van der Waals surface area contributed by atoms with Crippen molar-refractivity contribution >= 4 is 35.4 Å². The van der Waals surface area contributed by atoms with E-state index in [1.165, 1.54) is 11.8 Å². The van der Waals surface area contributed by atoms with Crippen molar-refractivity contribution < 1.29 is 38.1 Å². The van der Waals surface area contributed by atoms with E-state index < -0.39 is 29.7 Å². The van der Waals surface area contributed by atoms with Gasteiger partial charge in [-0.1, -0.05) is 6.07 Å². The summed E-state index contributed by atoms with van der Waals surface area (Å²) in [4.78, 5) is 51.2. The highest BCUT2D eigenvalue weighted by molar-refractivity contribution is 7.99. The van der Waals surface area contributed by atoms with Gasteiger partial charge in [0.05, 0.1) is 57.4 Å². The summed E-state index contributed by atoms with van der Waals surface area (Å²) in [7, 11) is 0. The van der Waals surface area contributed by atoms with Crippen LogP contribution in [-0.4, -0.2) is 93.2 Å². The van der Waals surface area contributed by atoms with Crippen LogP contribution >= 0.6 is 11.8 Å². The zero-order chi connectivity index (χ0) is 24.3. The first-order valence-corrected chi connectivity index (χ1v) is 12.3. The van der Waals surface area contributed by atoms with Crippen molar-refractivity contribution in [3.8, 4) is 0 Å². The van der Waals surface area contributed by atoms with Crippen molar-refractivity contribution in [2.24, 2.45) is 0 Å². The summed E-state index contributed by atoms with van der Waals surface area (Å²) < 4.78 is 21.5. The van der Waals surface area contributed by atoms with Crippen LogP contribution in [0.2, 0.25) is 0 Å². The second-order valence-electron chi connectivity index (χ2n) is 7.51. The molecule has 1 aromatic carbocycles. The highest BCUT2D eigenvalue weighted by Crippen LogP contribution is 2.34. The number of thioether (sulfide) groups is 1. The highest BCUT2D eigenvalue weighted by atomic mass is 32.2. The average Bonchev–Trinajstić information content (AvgIpc) is 3.08. The normalized spacial score (nSPS) is 17.9. The van der Waals surface area contributed by atoms with Gasteiger partial charge < -0.3 is 18.9 Å². The fraction of sp³-hybridized carbons (Fsp3) is 0.565. The number of nitrogens with one attached hydrogen (secondary N) is 1. The summed E-state index contributed by atoms with van der Waals surface area (Å²) in [6, 6.07) is 4.10. The first kappa shape index (κ1) is 26.3. The number of ether oxygens (including phenoxy) is 4. The molecule has 34 heavy (non-hydrogen) atoms. The van der Waals surface area contributed by atoms with E-state index in [9.17, 15) is 19.2 Å². The van der Waals surface area contributed by atoms with Crippen LogP contribution in [0.4, 0.5) is 0 Å². The predicted molar refractivity (Wildman–Crippen MR) is 123 cm³/mol. The Labute approximate surface area is 202 Å². The molecule has 0 radical (unpaired) electrons. The number of nitrogens with zero attached hydrogens (tertiary/aromatic N) is 1. The molecule has 1 unspecified atom stereocenters. The molecular formula is C23H30N2O8S. The maximum atomic E-state index is 13.1. The molecule has 2 heterocycles. The van der Waals surface area contributed by atoms with E-state index in [2.05, 4.69) is 5.32 Å². The van der Waals surface area contributed by atoms with Crippen molar-refractivity contribution in [3.63, 3.8) is 0 Å². The van der Waals surface area contributed by atoms with Crippen LogP contribution in [0.1, 0.15) is 40.5 Å². The number of amides is 4. The van der Waals surface area contributed by atoms with Gasteiger partial charge in [-0.2, -0.15) is 0 Å². The topological polar surface area (TPSA) is 120 Å². The van der Waals surface area contributed by atoms with Gasteiger partial charge in [0, 0.05) is 23.7 Å². The number of hydrogen-bond acceptors (Lipinski definition) is 9. The molecule has 1 aromatic rings. The lowest BCUT2D eigenvalue weighted by molar-refractivity contribution is -0.136. The minimum absolute atomic E-state index is 0.0907. The lowest BCUT2D eigenvalue weighted by Crippen LogP contribution is -2.54. The molecule has 1 N–H and O–H groups in total. The molecule has 11 heteroatoms. The van der Waals surface area contributed by atoms with Gasteiger partial charge >= 0.3 is 0 Å². The molecule has 3 rings (SSSR count). The molecule has 0 aliphatic carbocycles. The molecule has 1 saturated heterocycles. The van der Waals surface area contributed by atoms with Crippen LogP contribution in [0, 0.1) is 0 Å². The number of piperidine rings is 1. The quantitative estimate of drug-likeness (QED) is 0.218. The number of imide groups is 2. The van der Waals surface area contributed by atoms with Gasteiger partial charge in [-0.25, -0.2) is 0 Å². The first-order chi connectivity index (χ1) is 16.5. The largest absolute Gasteiger partial charge is 0.379 e. The van der Waals surface area contributed by atoms with E-state index in [4.69, 9.17) is 18.9 Å². The second kappa shape index (κ2) is 13.5. The Bertz CT molecular complexity index is 894. The van der Waals surface area contributed by atoms with Crippen LogP contribution < -0.4 is 5.32 Å². The smallest absolute Gasteiger partial charge is 0.263 e. The highest BCUT2D eigenvalue weighted by Gasteiger charge is 2.45. The predicted octanol–water partition coefficient (Wildman–Crippen LogP) is 1.27. The minimum Gasteiger partial charge on any atom is -0.379 e. The van der Waals surface area contributed by atoms with Gasteiger partial charge in [0.2, 0.25) is 11.8 Å². The molecule has 0 bridgehead atoms. The molecule has 0 saturated carbocycles. The summed E-state index contributed by atoms with van der Waals surface area (Å²) in [5.41, 5.74) is 0.576. The third kappa shape index (κ3) is 6.86. The Hall–Kier alpha value is -2.31. The maximum Gasteiger partial charge on any atom is 0.263 e. The van der Waals surface area contributed by atoms with Gasteiger partial charge in [0.1, 0.15) is 6.04 Å². The van der Waals surface area contributed by atoms with Crippen LogP contribution in [-0.2, 0) is 28.5 Å². The standard InChI is InChI=1S/C23H30N2O8S/c1-2-30-8-9-31-10-11-32-12-13-33-14-15-34-18-5-3-4-16-20(18)23(29)25(22(16)28)17-6-7-19(26)24-21(17)27/h3-5,17H,2,6-15H2,1H3,(H,24,26,27). The third-order valence-electron chi connectivity index (χ3n) is 5.24. The number of benzene rings is 1. The van der Waals surface area contributed by atoms with E-state index in [1.807, 2.05) is 6.92 Å². The zero-order valence-electron chi connectivity index (χ0n) is 19.2. The van der Waals surface area contributed by atoms with Crippen LogP contribution in [0.5, 0.6) is 0 Å². The SMILES string of the molecule is CCOCCOCCOCCOCCSc1cccc2c1C(=O)N(C1CCC(=O)NC1=O)C2=O. The Balaban J connectivity index is 1.39. The van der Waals surface area contributed by atoms with Crippen LogP contribution in [0.25, 0.3) is 0 Å². The molecule has 186 valence electrons. The third-order valence-corrected chi connectivity index (χ3v) is 6.26. The molecule has 1 fully saturated rings. The van der Waals surface area contributed by atoms with Crippen molar-refractivity contribution in [3.05, 3.63) is 29.3 Å². The molecular weight excluding hydrogens is 464 g/mol. The van der Waals surface area contributed by atoms with Gasteiger partial charge in [0.25, 0.3) is 11.8 Å². The van der Waals surface area contributed by atoms with Crippen LogP contribution in [0.15, 0.2) is 23.1 Å². The number of fused-ring (bicyclic) bond motifs is 1. The average molecular weight is 495 g/mol. The summed E-state index contributed by atoms with van der Waals surface area (Å²) in [6.45, 7) is 6.07. The Morgan fingerprint density at radius 3 is 2.21 bits per heavy atom. The molecule has 10 nitrogen and oxygen atoms in total. The van der Waals surface area contributed by atoms with Crippen LogP contribution in [0.3, 0.4) is 0 Å². The first-order valence-electron chi connectivity index (χ1n) is 11.3. The van der Waals surface area contributed by atoms with Crippen molar-refractivity contribution in [1.82, 2.24) is 10.2 Å². The number of hydrogen-bond donors (Lipinski definition) is 1. The summed E-state index contributed by atoms with van der Waals surface area (Å²) in [6.07, 6.45) is 0.224. The molecule has 0 spiro atoms. The Morgan fingerprint density at radius 2 is 1.56 bits per heavy atom. The minimum atomic E-state index is -0.971. The van der Waals surface area contributed by atoms with Gasteiger partial charge in [-0.15, -0.1) is 11.8 Å². The molecule has 0 aromatic heterocycles. The van der Waals surface area contributed by atoms with Crippen molar-refractivity contribution in [2.45, 2.75) is 30.7 Å². The maximum absolute atomic E-state index is 13.1. The van der Waals surface area contributed by atoms with E-state index in [-0.39, 0.29) is 18.4 Å². The summed E-state index contributed by atoms with van der Waals surface area (Å²) in [5, 5.41) is 2.20. The van der Waals surface area contributed by atoms with E-state index in [1.54, 1.807) is 18.2 Å². The fourth-order valence-corrected chi connectivity index (χ4v) is 4.56. The van der Waals surface area contributed by atoms with E-state index in [0.29, 0.717) is 69.1 Å². The number of rotatable bonds is 15. The molecule has 1 atom stereocenters.